The van der Waals surface area contributed by atoms with Gasteiger partial charge in [0.05, 0.1) is 6.42 Å². The highest BCUT2D eigenvalue weighted by Crippen LogP contribution is 2.23. The predicted molar refractivity (Wildman–Crippen MR) is 71.9 cm³/mol. The molecule has 4 nitrogen and oxygen atoms in total. The minimum atomic E-state index is -0.727. The molecule has 1 aromatic rings. The third kappa shape index (κ3) is 2.82. The van der Waals surface area contributed by atoms with Gasteiger partial charge in [0.25, 0.3) is 0 Å². The van der Waals surface area contributed by atoms with Gasteiger partial charge in [0.1, 0.15) is 0 Å². The van der Waals surface area contributed by atoms with Crippen molar-refractivity contribution < 1.29 is 9.90 Å². The first-order valence-corrected chi connectivity index (χ1v) is 6.31. The number of hydrogen-bond acceptors (Lipinski definition) is 3. The molecule has 0 saturated carbocycles. The monoisotopic (exact) mass is 248 g/mol. The molecule has 0 radical (unpaired) electrons. The van der Waals surface area contributed by atoms with Gasteiger partial charge in [0.2, 0.25) is 0 Å². The molecule has 98 valence electrons. The molecule has 0 spiro atoms. The summed E-state index contributed by atoms with van der Waals surface area (Å²) in [5, 5.41) is 8.96. The van der Waals surface area contributed by atoms with Crippen LogP contribution in [0.3, 0.4) is 0 Å². The topological polar surface area (TPSA) is 43.8 Å². The van der Waals surface area contributed by atoms with E-state index in [1.165, 1.54) is 5.69 Å². The molecule has 0 amide bonds. The molecule has 0 unspecified atom stereocenters. The van der Waals surface area contributed by atoms with Gasteiger partial charge in [-0.3, -0.25) is 9.69 Å². The van der Waals surface area contributed by atoms with E-state index in [0.29, 0.717) is 6.04 Å². The van der Waals surface area contributed by atoms with Crippen molar-refractivity contribution in [1.29, 1.82) is 0 Å². The van der Waals surface area contributed by atoms with Crippen molar-refractivity contribution in [3.63, 3.8) is 0 Å². The summed E-state index contributed by atoms with van der Waals surface area (Å²) in [4.78, 5) is 15.3. The minimum absolute atomic E-state index is 0.0823. The summed E-state index contributed by atoms with van der Waals surface area (Å²) in [5.74, 6) is -0.727. The summed E-state index contributed by atoms with van der Waals surface area (Å²) in [6.45, 7) is 3.85. The zero-order valence-electron chi connectivity index (χ0n) is 10.9. The van der Waals surface area contributed by atoms with Crippen LogP contribution in [0.15, 0.2) is 30.3 Å². The number of carboxylic acids is 1. The summed E-state index contributed by atoms with van der Waals surface area (Å²) in [6.07, 6.45) is 0.201. The maximum atomic E-state index is 10.9. The SMILES string of the molecule is C[C@H]1CN(C)[C@@H](CC(=O)O)CN1c1ccccc1. The smallest absolute Gasteiger partial charge is 0.305 e. The fourth-order valence-corrected chi connectivity index (χ4v) is 2.61. The standard InChI is InChI=1S/C14H20N2O2/c1-11-9-15(2)13(8-14(17)18)10-16(11)12-6-4-3-5-7-12/h3-7,11,13H,8-10H2,1-2H3,(H,17,18)/t11-,13-/m0/s1. The largest absolute Gasteiger partial charge is 0.481 e. The molecule has 0 aromatic heterocycles. The molecule has 1 aliphatic heterocycles. The molecular weight excluding hydrogens is 228 g/mol. The average Bonchev–Trinajstić information content (AvgIpc) is 2.33. The molecule has 1 heterocycles. The molecule has 1 aromatic carbocycles. The van der Waals surface area contributed by atoms with Crippen LogP contribution in [0.5, 0.6) is 0 Å². The number of para-hydroxylation sites is 1. The van der Waals surface area contributed by atoms with Crippen molar-refractivity contribution in [2.75, 3.05) is 25.0 Å². The number of carbonyl (C=O) groups is 1. The van der Waals surface area contributed by atoms with Crippen molar-refractivity contribution in [1.82, 2.24) is 4.90 Å². The van der Waals surface area contributed by atoms with Crippen LogP contribution in [0.25, 0.3) is 0 Å². The Morgan fingerprint density at radius 2 is 2.00 bits per heavy atom. The molecule has 2 rings (SSSR count). The number of hydrogen-bond donors (Lipinski definition) is 1. The van der Waals surface area contributed by atoms with E-state index < -0.39 is 5.97 Å². The maximum absolute atomic E-state index is 10.9. The molecule has 18 heavy (non-hydrogen) atoms. The first-order chi connectivity index (χ1) is 8.58. The number of piperazine rings is 1. The highest BCUT2D eigenvalue weighted by molar-refractivity contribution is 5.67. The third-order valence-corrected chi connectivity index (χ3v) is 3.61. The minimum Gasteiger partial charge on any atom is -0.481 e. The Labute approximate surface area is 108 Å². The summed E-state index contributed by atoms with van der Waals surface area (Å²) < 4.78 is 0. The Balaban J connectivity index is 2.13. The van der Waals surface area contributed by atoms with E-state index in [1.807, 2.05) is 25.2 Å². The molecule has 4 heteroatoms. The molecule has 1 aliphatic rings. The summed E-state index contributed by atoms with van der Waals surface area (Å²) in [6, 6.07) is 10.7. The van der Waals surface area contributed by atoms with Crippen LogP contribution in [0, 0.1) is 0 Å². The van der Waals surface area contributed by atoms with Crippen molar-refractivity contribution >= 4 is 11.7 Å². The van der Waals surface area contributed by atoms with Crippen LogP contribution < -0.4 is 4.90 Å². The summed E-state index contributed by atoms with van der Waals surface area (Å²) >= 11 is 0. The Bertz CT molecular complexity index is 408. The highest BCUT2D eigenvalue weighted by atomic mass is 16.4. The second-order valence-corrected chi connectivity index (χ2v) is 5.03. The van der Waals surface area contributed by atoms with E-state index in [9.17, 15) is 4.79 Å². The normalized spacial score (nSPS) is 25.1. The Hall–Kier alpha value is -1.55. The van der Waals surface area contributed by atoms with Crippen LogP contribution in [-0.2, 0) is 4.79 Å². The molecular formula is C14H20N2O2. The van der Waals surface area contributed by atoms with Gasteiger partial charge in [-0.25, -0.2) is 0 Å². The van der Waals surface area contributed by atoms with E-state index in [1.54, 1.807) is 0 Å². The quantitative estimate of drug-likeness (QED) is 0.883. The van der Waals surface area contributed by atoms with Crippen LogP contribution >= 0.6 is 0 Å². The first kappa shape index (κ1) is 12.9. The van der Waals surface area contributed by atoms with Crippen LogP contribution in [-0.4, -0.2) is 48.2 Å². The number of likely N-dealkylation sites (N-methyl/N-ethyl adjacent to an activating group) is 1. The highest BCUT2D eigenvalue weighted by Gasteiger charge is 2.30. The summed E-state index contributed by atoms with van der Waals surface area (Å²) in [7, 11) is 2.01. The number of rotatable bonds is 3. The predicted octanol–water partition coefficient (Wildman–Crippen LogP) is 1.67. The van der Waals surface area contributed by atoms with Crippen molar-refractivity contribution in [3.05, 3.63) is 30.3 Å². The van der Waals surface area contributed by atoms with Crippen LogP contribution in [0.4, 0.5) is 5.69 Å². The first-order valence-electron chi connectivity index (χ1n) is 6.31. The molecule has 1 N–H and O–H groups in total. The summed E-state index contributed by atoms with van der Waals surface area (Å²) in [5.41, 5.74) is 1.17. The van der Waals surface area contributed by atoms with E-state index >= 15 is 0 Å². The lowest BCUT2D eigenvalue weighted by Gasteiger charge is -2.44. The van der Waals surface area contributed by atoms with Crippen molar-refractivity contribution in [2.24, 2.45) is 0 Å². The number of nitrogens with zero attached hydrogens (tertiary/aromatic N) is 2. The lowest BCUT2D eigenvalue weighted by atomic mass is 10.0. The average molecular weight is 248 g/mol. The van der Waals surface area contributed by atoms with Gasteiger partial charge in [-0.05, 0) is 26.1 Å². The lowest BCUT2D eigenvalue weighted by Crippen LogP contribution is -2.56. The van der Waals surface area contributed by atoms with Gasteiger partial charge < -0.3 is 10.0 Å². The van der Waals surface area contributed by atoms with Gasteiger partial charge in [-0.2, -0.15) is 0 Å². The van der Waals surface area contributed by atoms with E-state index in [4.69, 9.17) is 5.11 Å². The number of anilines is 1. The number of carboxylic acid groups (broad SMARTS) is 1. The van der Waals surface area contributed by atoms with Crippen LogP contribution in [0.2, 0.25) is 0 Å². The number of aliphatic carboxylic acids is 1. The van der Waals surface area contributed by atoms with Crippen LogP contribution in [0.1, 0.15) is 13.3 Å². The third-order valence-electron chi connectivity index (χ3n) is 3.61. The van der Waals surface area contributed by atoms with E-state index in [-0.39, 0.29) is 12.5 Å². The fraction of sp³-hybridized carbons (Fsp3) is 0.500. The molecule has 1 saturated heterocycles. The van der Waals surface area contributed by atoms with Gasteiger partial charge in [0, 0.05) is 30.9 Å². The van der Waals surface area contributed by atoms with Gasteiger partial charge in [-0.15, -0.1) is 0 Å². The lowest BCUT2D eigenvalue weighted by molar-refractivity contribution is -0.138. The van der Waals surface area contributed by atoms with Crippen molar-refractivity contribution in [2.45, 2.75) is 25.4 Å². The Morgan fingerprint density at radius 3 is 2.61 bits per heavy atom. The van der Waals surface area contributed by atoms with E-state index in [0.717, 1.165) is 13.1 Å². The van der Waals surface area contributed by atoms with Crippen molar-refractivity contribution in [3.8, 4) is 0 Å². The number of benzene rings is 1. The Kier molecular flexibility index (Phi) is 3.87. The Morgan fingerprint density at radius 1 is 1.33 bits per heavy atom. The zero-order chi connectivity index (χ0) is 13.1. The second kappa shape index (κ2) is 5.40. The fourth-order valence-electron chi connectivity index (χ4n) is 2.61. The molecule has 2 atom stereocenters. The molecule has 0 aliphatic carbocycles. The molecule has 0 bridgehead atoms. The van der Waals surface area contributed by atoms with Gasteiger partial charge in [-0.1, -0.05) is 18.2 Å². The van der Waals surface area contributed by atoms with E-state index in [2.05, 4.69) is 28.9 Å². The second-order valence-electron chi connectivity index (χ2n) is 5.03. The zero-order valence-corrected chi connectivity index (χ0v) is 10.9. The maximum Gasteiger partial charge on any atom is 0.305 e. The van der Waals surface area contributed by atoms with Gasteiger partial charge in [0.15, 0.2) is 0 Å². The molecule has 1 fully saturated rings. The van der Waals surface area contributed by atoms with Gasteiger partial charge >= 0.3 is 5.97 Å².